The van der Waals surface area contributed by atoms with Gasteiger partial charge in [0.1, 0.15) is 29.6 Å². The maximum Gasteiger partial charge on any atom is 0.298 e. The second-order valence-corrected chi connectivity index (χ2v) is 8.90. The van der Waals surface area contributed by atoms with Gasteiger partial charge in [-0.3, -0.25) is 9.59 Å². The number of aromatic amines is 1. The number of amides is 2. The van der Waals surface area contributed by atoms with Crippen molar-refractivity contribution in [3.05, 3.63) is 48.4 Å². The maximum absolute atomic E-state index is 13.2. The van der Waals surface area contributed by atoms with Crippen molar-refractivity contribution in [3.8, 4) is 17.6 Å². The summed E-state index contributed by atoms with van der Waals surface area (Å²) in [7, 11) is 0. The van der Waals surface area contributed by atoms with E-state index >= 15 is 0 Å². The van der Waals surface area contributed by atoms with Gasteiger partial charge in [0.2, 0.25) is 0 Å². The van der Waals surface area contributed by atoms with Crippen LogP contribution in [0, 0.1) is 17.8 Å². The van der Waals surface area contributed by atoms with E-state index in [1.54, 1.807) is 22.9 Å². The first-order chi connectivity index (χ1) is 17.1. The number of H-pyrrole nitrogens is 1. The summed E-state index contributed by atoms with van der Waals surface area (Å²) in [4.78, 5) is 40.6. The van der Waals surface area contributed by atoms with Gasteiger partial charge in [-0.25, -0.2) is 9.97 Å². The highest BCUT2D eigenvalue weighted by Crippen LogP contribution is 2.28. The van der Waals surface area contributed by atoms with E-state index in [1.807, 2.05) is 30.3 Å². The standard InChI is InChI=1S/C26H28N6O3/c1-2-6-22(33)31-11-9-18(10-12-31)13-27-24-23-21(14-28-25(23)30-17-29-24)26(34)32-15-20(16-32)35-19-7-4-3-5-8-19/h3-5,7-8,14,17-18,20H,9-13,15-16H2,1H3,(H2,27,28,29,30). The minimum atomic E-state index is -0.103. The number of carbonyl (C=O) groups is 2. The lowest BCUT2D eigenvalue weighted by Crippen LogP contribution is -2.56. The lowest BCUT2D eigenvalue weighted by Gasteiger charge is -2.38. The normalized spacial score (nSPS) is 16.4. The van der Waals surface area contributed by atoms with Crippen molar-refractivity contribution in [2.24, 2.45) is 5.92 Å². The fourth-order valence-electron chi connectivity index (χ4n) is 4.57. The van der Waals surface area contributed by atoms with E-state index in [-0.39, 0.29) is 17.9 Å². The van der Waals surface area contributed by atoms with Crippen molar-refractivity contribution in [1.29, 1.82) is 0 Å². The molecule has 9 heteroatoms. The molecule has 0 saturated carbocycles. The third kappa shape index (κ3) is 4.92. The molecule has 180 valence electrons. The Kier molecular flexibility index (Phi) is 6.53. The maximum atomic E-state index is 13.2. The van der Waals surface area contributed by atoms with Crippen molar-refractivity contribution in [2.75, 3.05) is 38.0 Å². The van der Waals surface area contributed by atoms with Gasteiger partial charge in [0, 0.05) is 25.8 Å². The molecule has 5 rings (SSSR count). The fourth-order valence-corrected chi connectivity index (χ4v) is 4.57. The number of hydrogen-bond donors (Lipinski definition) is 2. The van der Waals surface area contributed by atoms with Crippen LogP contribution in [0.5, 0.6) is 5.75 Å². The Morgan fingerprint density at radius 3 is 2.66 bits per heavy atom. The molecule has 2 amide bonds. The number of nitrogens with zero attached hydrogens (tertiary/aromatic N) is 4. The molecule has 2 aliphatic rings. The number of carbonyl (C=O) groups excluding carboxylic acids is 2. The zero-order chi connectivity index (χ0) is 24.2. The number of ether oxygens (including phenoxy) is 1. The molecular formula is C26H28N6O3. The molecule has 2 N–H and O–H groups in total. The van der Waals surface area contributed by atoms with Gasteiger partial charge in [-0.2, -0.15) is 0 Å². The number of rotatable bonds is 6. The molecule has 3 aromatic rings. The van der Waals surface area contributed by atoms with Crippen LogP contribution in [0.25, 0.3) is 11.0 Å². The Morgan fingerprint density at radius 1 is 1.14 bits per heavy atom. The van der Waals surface area contributed by atoms with Crippen molar-refractivity contribution in [3.63, 3.8) is 0 Å². The lowest BCUT2D eigenvalue weighted by molar-refractivity contribution is -0.126. The van der Waals surface area contributed by atoms with Crippen LogP contribution < -0.4 is 10.1 Å². The van der Waals surface area contributed by atoms with Gasteiger partial charge in [0.05, 0.1) is 24.0 Å². The predicted molar refractivity (Wildman–Crippen MR) is 132 cm³/mol. The molecule has 35 heavy (non-hydrogen) atoms. The average molecular weight is 473 g/mol. The minimum absolute atomic E-state index is 0.0125. The Labute approximate surface area is 203 Å². The molecule has 0 atom stereocenters. The molecular weight excluding hydrogens is 444 g/mol. The Bertz CT molecular complexity index is 1260. The number of nitrogens with one attached hydrogen (secondary N) is 2. The zero-order valence-electron chi connectivity index (χ0n) is 19.7. The average Bonchev–Trinajstić information content (AvgIpc) is 3.30. The van der Waals surface area contributed by atoms with Gasteiger partial charge >= 0.3 is 0 Å². The number of likely N-dealkylation sites (tertiary alicyclic amines) is 2. The highest BCUT2D eigenvalue weighted by atomic mass is 16.5. The van der Waals surface area contributed by atoms with Crippen molar-refractivity contribution in [1.82, 2.24) is 24.8 Å². The van der Waals surface area contributed by atoms with E-state index in [9.17, 15) is 9.59 Å². The summed E-state index contributed by atoms with van der Waals surface area (Å²) in [5.74, 6) is 6.98. The first kappa shape index (κ1) is 22.7. The van der Waals surface area contributed by atoms with E-state index < -0.39 is 0 Å². The summed E-state index contributed by atoms with van der Waals surface area (Å²) in [6.45, 7) is 4.87. The molecule has 2 aliphatic heterocycles. The first-order valence-corrected chi connectivity index (χ1v) is 11.9. The van der Waals surface area contributed by atoms with Crippen LogP contribution in [-0.4, -0.2) is 75.4 Å². The number of piperidine rings is 1. The largest absolute Gasteiger partial charge is 0.487 e. The topological polar surface area (TPSA) is 103 Å². The van der Waals surface area contributed by atoms with Crippen LogP contribution in [0.2, 0.25) is 0 Å². The van der Waals surface area contributed by atoms with Crippen LogP contribution in [-0.2, 0) is 4.79 Å². The van der Waals surface area contributed by atoms with Crippen molar-refractivity contribution < 1.29 is 14.3 Å². The molecule has 0 unspecified atom stereocenters. The molecule has 0 aliphatic carbocycles. The number of benzene rings is 1. The lowest BCUT2D eigenvalue weighted by atomic mass is 9.96. The van der Waals surface area contributed by atoms with Crippen LogP contribution in [0.1, 0.15) is 30.1 Å². The predicted octanol–water partition coefficient (Wildman–Crippen LogP) is 2.54. The number of fused-ring (bicyclic) bond motifs is 1. The summed E-state index contributed by atoms with van der Waals surface area (Å²) in [6.07, 6.45) is 4.98. The van der Waals surface area contributed by atoms with E-state index in [4.69, 9.17) is 4.74 Å². The van der Waals surface area contributed by atoms with E-state index in [1.165, 1.54) is 6.33 Å². The number of para-hydroxylation sites is 1. The zero-order valence-corrected chi connectivity index (χ0v) is 19.7. The highest BCUT2D eigenvalue weighted by molar-refractivity contribution is 6.09. The van der Waals surface area contributed by atoms with E-state index in [2.05, 4.69) is 32.1 Å². The van der Waals surface area contributed by atoms with E-state index in [0.29, 0.717) is 61.1 Å². The van der Waals surface area contributed by atoms with Gasteiger partial charge < -0.3 is 24.8 Å². The molecule has 1 aromatic carbocycles. The molecule has 2 fully saturated rings. The number of hydrogen-bond acceptors (Lipinski definition) is 6. The molecule has 0 radical (unpaired) electrons. The molecule has 9 nitrogen and oxygen atoms in total. The summed E-state index contributed by atoms with van der Waals surface area (Å²) in [6, 6.07) is 9.64. The van der Waals surface area contributed by atoms with Crippen LogP contribution in [0.3, 0.4) is 0 Å². The highest BCUT2D eigenvalue weighted by Gasteiger charge is 2.34. The molecule has 2 aromatic heterocycles. The SMILES string of the molecule is CC#CC(=O)N1CCC(CNc2ncnc3[nH]cc(C(=O)N4CC(Oc5ccccc5)C4)c23)CC1. The summed E-state index contributed by atoms with van der Waals surface area (Å²) in [5.41, 5.74) is 1.18. The van der Waals surface area contributed by atoms with Gasteiger partial charge in [-0.15, -0.1) is 0 Å². The van der Waals surface area contributed by atoms with E-state index in [0.717, 1.165) is 18.6 Å². The number of aromatic nitrogens is 3. The van der Waals surface area contributed by atoms with Crippen molar-refractivity contribution in [2.45, 2.75) is 25.9 Å². The van der Waals surface area contributed by atoms with Gasteiger partial charge in [0.25, 0.3) is 11.8 Å². The third-order valence-corrected chi connectivity index (χ3v) is 6.57. The Morgan fingerprint density at radius 2 is 1.91 bits per heavy atom. The van der Waals surface area contributed by atoms with Crippen LogP contribution in [0.15, 0.2) is 42.9 Å². The van der Waals surface area contributed by atoms with Crippen molar-refractivity contribution >= 4 is 28.7 Å². The van der Waals surface area contributed by atoms with Crippen LogP contribution in [0.4, 0.5) is 5.82 Å². The minimum Gasteiger partial charge on any atom is -0.487 e. The second kappa shape index (κ2) is 10.1. The summed E-state index contributed by atoms with van der Waals surface area (Å²) < 4.78 is 5.93. The summed E-state index contributed by atoms with van der Waals surface area (Å²) in [5, 5.41) is 4.13. The summed E-state index contributed by atoms with van der Waals surface area (Å²) >= 11 is 0. The Balaban J connectivity index is 1.20. The molecule has 0 bridgehead atoms. The molecule has 2 saturated heterocycles. The smallest absolute Gasteiger partial charge is 0.298 e. The number of anilines is 1. The fraction of sp³-hybridized carbons (Fsp3) is 0.385. The van der Waals surface area contributed by atoms with Gasteiger partial charge in [0.15, 0.2) is 0 Å². The molecule has 0 spiro atoms. The molecule has 4 heterocycles. The Hall–Kier alpha value is -4.06. The monoisotopic (exact) mass is 472 g/mol. The third-order valence-electron chi connectivity index (χ3n) is 6.57. The first-order valence-electron chi connectivity index (χ1n) is 11.9. The second-order valence-electron chi connectivity index (χ2n) is 8.90. The van der Waals surface area contributed by atoms with Crippen LogP contribution >= 0.6 is 0 Å². The van der Waals surface area contributed by atoms with Gasteiger partial charge in [-0.05, 0) is 43.7 Å². The van der Waals surface area contributed by atoms with Gasteiger partial charge in [-0.1, -0.05) is 24.1 Å². The quantitative estimate of drug-likeness (QED) is 0.535.